The molecule has 0 fully saturated rings. The maximum Gasteiger partial charge on any atom is 0.273 e. The first-order valence-corrected chi connectivity index (χ1v) is 10.6. The van der Waals surface area contributed by atoms with Crippen LogP contribution in [0, 0.1) is 0 Å². The Morgan fingerprint density at radius 1 is 1.03 bits per heavy atom. The summed E-state index contributed by atoms with van der Waals surface area (Å²) in [4.78, 5) is 24.7. The second-order valence-corrected chi connectivity index (χ2v) is 6.91. The van der Waals surface area contributed by atoms with Crippen LogP contribution in [0.25, 0.3) is 5.69 Å². The standard InChI is InChI=1S/C23H26FN5O4/c1-2-25-22(30)18-8-9-20(21(14-18)33-13-12-32-11-10-24)29-16-19(27-28-29)23(31)26-15-17-6-4-3-5-7-17/h3-9,14,16H,2,10-13,15H2,1H3,(H,25,30)(H,26,31). The van der Waals surface area contributed by atoms with E-state index in [2.05, 4.69) is 20.9 Å². The number of alkyl halides is 1. The average Bonchev–Trinajstić information content (AvgIpc) is 3.33. The molecule has 2 amide bonds. The predicted octanol–water partition coefficient (Wildman–Crippen LogP) is 2.31. The monoisotopic (exact) mass is 455 g/mol. The number of benzene rings is 2. The molecule has 3 aromatic rings. The number of rotatable bonds is 12. The van der Waals surface area contributed by atoms with Crippen molar-refractivity contribution in [3.63, 3.8) is 0 Å². The molecule has 10 heteroatoms. The zero-order valence-corrected chi connectivity index (χ0v) is 18.3. The largest absolute Gasteiger partial charge is 0.489 e. The predicted molar refractivity (Wildman–Crippen MR) is 119 cm³/mol. The number of nitrogens with one attached hydrogen (secondary N) is 2. The maximum atomic E-state index is 12.5. The third kappa shape index (κ3) is 6.84. The van der Waals surface area contributed by atoms with E-state index in [1.54, 1.807) is 18.2 Å². The molecule has 9 nitrogen and oxygen atoms in total. The highest BCUT2D eigenvalue weighted by Crippen LogP contribution is 2.24. The lowest BCUT2D eigenvalue weighted by molar-refractivity contribution is 0.0894. The molecule has 174 valence electrons. The molecule has 1 aromatic heterocycles. The number of hydrogen-bond acceptors (Lipinski definition) is 6. The fourth-order valence-corrected chi connectivity index (χ4v) is 2.94. The van der Waals surface area contributed by atoms with Gasteiger partial charge in [-0.05, 0) is 30.7 Å². The first kappa shape index (κ1) is 23.9. The molecule has 33 heavy (non-hydrogen) atoms. The van der Waals surface area contributed by atoms with Crippen molar-refractivity contribution in [1.29, 1.82) is 0 Å². The van der Waals surface area contributed by atoms with Gasteiger partial charge < -0.3 is 20.1 Å². The van der Waals surface area contributed by atoms with E-state index in [-0.39, 0.29) is 37.3 Å². The van der Waals surface area contributed by atoms with Gasteiger partial charge in [0, 0.05) is 18.7 Å². The van der Waals surface area contributed by atoms with Crippen LogP contribution in [0.3, 0.4) is 0 Å². The first-order valence-electron chi connectivity index (χ1n) is 10.6. The van der Waals surface area contributed by atoms with Crippen molar-refractivity contribution in [3.8, 4) is 11.4 Å². The quantitative estimate of drug-likeness (QED) is 0.406. The van der Waals surface area contributed by atoms with E-state index < -0.39 is 6.67 Å². The van der Waals surface area contributed by atoms with Crippen molar-refractivity contribution >= 4 is 11.8 Å². The van der Waals surface area contributed by atoms with Gasteiger partial charge in [0.25, 0.3) is 11.8 Å². The average molecular weight is 455 g/mol. The van der Waals surface area contributed by atoms with Crippen LogP contribution in [0.15, 0.2) is 54.7 Å². The number of amides is 2. The number of hydrogen-bond donors (Lipinski definition) is 2. The third-order valence-corrected chi connectivity index (χ3v) is 4.53. The smallest absolute Gasteiger partial charge is 0.273 e. The molecular weight excluding hydrogens is 429 g/mol. The summed E-state index contributed by atoms with van der Waals surface area (Å²) in [6, 6.07) is 14.4. The summed E-state index contributed by atoms with van der Waals surface area (Å²) in [5.74, 6) is -0.267. The second kappa shape index (κ2) is 12.3. The van der Waals surface area contributed by atoms with Crippen LogP contribution in [-0.2, 0) is 11.3 Å². The fourth-order valence-electron chi connectivity index (χ4n) is 2.94. The zero-order chi connectivity index (χ0) is 23.5. The van der Waals surface area contributed by atoms with Gasteiger partial charge in [-0.25, -0.2) is 9.07 Å². The van der Waals surface area contributed by atoms with Crippen LogP contribution in [0.2, 0.25) is 0 Å². The summed E-state index contributed by atoms with van der Waals surface area (Å²) in [7, 11) is 0. The van der Waals surface area contributed by atoms with Gasteiger partial charge >= 0.3 is 0 Å². The van der Waals surface area contributed by atoms with E-state index in [0.29, 0.717) is 30.1 Å². The van der Waals surface area contributed by atoms with E-state index in [1.807, 2.05) is 37.3 Å². The van der Waals surface area contributed by atoms with E-state index in [1.165, 1.54) is 10.9 Å². The number of halogens is 1. The zero-order valence-electron chi connectivity index (χ0n) is 18.3. The maximum absolute atomic E-state index is 12.5. The molecule has 3 rings (SSSR count). The molecule has 0 atom stereocenters. The number of aromatic nitrogens is 3. The van der Waals surface area contributed by atoms with Crippen LogP contribution in [-0.4, -0.2) is 59.8 Å². The molecule has 2 N–H and O–H groups in total. The van der Waals surface area contributed by atoms with Gasteiger partial charge in [-0.1, -0.05) is 35.5 Å². The van der Waals surface area contributed by atoms with E-state index in [4.69, 9.17) is 9.47 Å². The molecule has 1 heterocycles. The Bertz CT molecular complexity index is 1060. The molecule has 0 aliphatic carbocycles. The van der Waals surface area contributed by atoms with Crippen LogP contribution in [0.5, 0.6) is 5.75 Å². The summed E-state index contributed by atoms with van der Waals surface area (Å²) in [5.41, 5.74) is 1.99. The lowest BCUT2D eigenvalue weighted by Crippen LogP contribution is -2.23. The van der Waals surface area contributed by atoms with Gasteiger partial charge in [0.15, 0.2) is 5.69 Å². The Labute approximate surface area is 190 Å². The van der Waals surface area contributed by atoms with Crippen molar-refractivity contribution in [2.75, 3.05) is 33.0 Å². The van der Waals surface area contributed by atoms with E-state index in [0.717, 1.165) is 5.56 Å². The Kier molecular flexibility index (Phi) is 8.89. The molecule has 0 unspecified atom stereocenters. The van der Waals surface area contributed by atoms with Gasteiger partial charge in [0.1, 0.15) is 24.7 Å². The van der Waals surface area contributed by atoms with E-state index >= 15 is 0 Å². The minimum atomic E-state index is -0.577. The highest BCUT2D eigenvalue weighted by Gasteiger charge is 2.16. The number of ether oxygens (including phenoxy) is 2. The Hall–Kier alpha value is -3.79. The first-order chi connectivity index (χ1) is 16.1. The van der Waals surface area contributed by atoms with Crippen molar-refractivity contribution in [1.82, 2.24) is 25.6 Å². The van der Waals surface area contributed by atoms with Crippen molar-refractivity contribution < 1.29 is 23.5 Å². The van der Waals surface area contributed by atoms with Crippen molar-refractivity contribution in [2.24, 2.45) is 0 Å². The highest BCUT2D eigenvalue weighted by molar-refractivity contribution is 5.95. The highest BCUT2D eigenvalue weighted by atomic mass is 19.1. The van der Waals surface area contributed by atoms with Gasteiger partial charge in [-0.3, -0.25) is 9.59 Å². The molecule has 0 radical (unpaired) electrons. The molecule has 0 bridgehead atoms. The second-order valence-electron chi connectivity index (χ2n) is 6.91. The van der Waals surface area contributed by atoms with Crippen LogP contribution >= 0.6 is 0 Å². The summed E-state index contributed by atoms with van der Waals surface area (Å²) >= 11 is 0. The Morgan fingerprint density at radius 2 is 1.85 bits per heavy atom. The van der Waals surface area contributed by atoms with Crippen molar-refractivity contribution in [3.05, 3.63) is 71.5 Å². The Morgan fingerprint density at radius 3 is 2.61 bits per heavy atom. The summed E-state index contributed by atoms with van der Waals surface area (Å²) in [6.07, 6.45) is 1.48. The van der Waals surface area contributed by atoms with Crippen molar-refractivity contribution in [2.45, 2.75) is 13.5 Å². The van der Waals surface area contributed by atoms with Crippen LogP contribution in [0.1, 0.15) is 33.3 Å². The SMILES string of the molecule is CCNC(=O)c1ccc(-n2cc(C(=O)NCc3ccccc3)nn2)c(OCCOCCF)c1. The van der Waals surface area contributed by atoms with Crippen LogP contribution < -0.4 is 15.4 Å². The van der Waals surface area contributed by atoms with Crippen LogP contribution in [0.4, 0.5) is 4.39 Å². The van der Waals surface area contributed by atoms with Gasteiger partial charge in [0.2, 0.25) is 0 Å². The molecule has 0 saturated heterocycles. The Balaban J connectivity index is 1.75. The molecule has 0 aliphatic heterocycles. The third-order valence-electron chi connectivity index (χ3n) is 4.53. The molecule has 0 spiro atoms. The summed E-state index contributed by atoms with van der Waals surface area (Å²) < 4.78 is 24.5. The normalized spacial score (nSPS) is 10.6. The minimum absolute atomic E-state index is 0.0142. The fraction of sp³-hybridized carbons (Fsp3) is 0.304. The number of carbonyl (C=O) groups excluding carboxylic acids is 2. The molecule has 0 aliphatic rings. The lowest BCUT2D eigenvalue weighted by Gasteiger charge is -2.13. The van der Waals surface area contributed by atoms with Gasteiger partial charge in [-0.15, -0.1) is 5.10 Å². The van der Waals surface area contributed by atoms with Gasteiger partial charge in [0.05, 0.1) is 19.4 Å². The van der Waals surface area contributed by atoms with Gasteiger partial charge in [-0.2, -0.15) is 0 Å². The lowest BCUT2D eigenvalue weighted by atomic mass is 10.1. The van der Waals surface area contributed by atoms with E-state index in [9.17, 15) is 14.0 Å². The number of nitrogens with zero attached hydrogens (tertiary/aromatic N) is 3. The summed E-state index contributed by atoms with van der Waals surface area (Å²) in [5, 5.41) is 13.5. The number of carbonyl (C=O) groups is 2. The molecular formula is C23H26FN5O4. The molecule has 2 aromatic carbocycles. The summed E-state index contributed by atoms with van der Waals surface area (Å²) in [6.45, 7) is 2.40. The minimum Gasteiger partial charge on any atom is -0.489 e. The molecule has 0 saturated carbocycles. The topological polar surface area (TPSA) is 107 Å².